The van der Waals surface area contributed by atoms with Crippen molar-refractivity contribution in [1.29, 1.82) is 0 Å². The molecule has 3 heteroatoms. The van der Waals surface area contributed by atoms with Crippen molar-refractivity contribution in [1.82, 2.24) is 0 Å². The first-order valence-electron chi connectivity index (χ1n) is 7.53. The maximum Gasteiger partial charge on any atom is 0.0718 e. The normalized spacial score (nSPS) is 20.8. The molecule has 124 valence electrons. The van der Waals surface area contributed by atoms with E-state index < -0.39 is 0 Å². The van der Waals surface area contributed by atoms with Gasteiger partial charge in [-0.2, -0.15) is 12.8 Å². The van der Waals surface area contributed by atoms with E-state index in [4.69, 9.17) is 4.99 Å². The van der Waals surface area contributed by atoms with Crippen LogP contribution in [0.25, 0.3) is 0 Å². The second-order valence-corrected chi connectivity index (χ2v) is 5.13. The van der Waals surface area contributed by atoms with Crippen LogP contribution in [-0.2, 0) is 0 Å². The van der Waals surface area contributed by atoms with Gasteiger partial charge in [0.25, 0.3) is 0 Å². The first kappa shape index (κ1) is 21.1. The summed E-state index contributed by atoms with van der Waals surface area (Å²) in [6.45, 7) is 10.5. The van der Waals surface area contributed by atoms with E-state index >= 15 is 0 Å². The summed E-state index contributed by atoms with van der Waals surface area (Å²) in [5.41, 5.74) is 4.54. The first-order chi connectivity index (χ1) is 9.61. The van der Waals surface area contributed by atoms with E-state index in [-0.39, 0.29) is 46.9 Å². The molecule has 2 rings (SSSR count). The Kier molecular flexibility index (Phi) is 10.8. The van der Waals surface area contributed by atoms with Crippen LogP contribution in [0.4, 0.5) is 5.69 Å². The summed E-state index contributed by atoms with van der Waals surface area (Å²) in [7, 11) is 1.83. The summed E-state index contributed by atoms with van der Waals surface area (Å²) >= 11 is 0. The molecule has 1 unspecified atom stereocenters. The van der Waals surface area contributed by atoms with Crippen LogP contribution < -0.4 is 0 Å². The molecule has 0 aliphatic heterocycles. The van der Waals surface area contributed by atoms with Gasteiger partial charge < -0.3 is 5.92 Å². The van der Waals surface area contributed by atoms with Crippen molar-refractivity contribution in [2.24, 2.45) is 15.9 Å². The number of rotatable bonds is 2. The van der Waals surface area contributed by atoms with Crippen LogP contribution in [0.2, 0.25) is 0 Å². The van der Waals surface area contributed by atoms with Crippen molar-refractivity contribution >= 4 is 17.1 Å². The summed E-state index contributed by atoms with van der Waals surface area (Å²) in [5.74, 6) is 2.23. The fraction of sp³-hybridized carbons (Fsp3) is 0.500. The zero-order valence-electron chi connectivity index (χ0n) is 14.0. The molecule has 1 aliphatic rings. The Balaban J connectivity index is 0.00000128. The van der Waals surface area contributed by atoms with Crippen LogP contribution in [0.15, 0.2) is 34.3 Å². The fourth-order valence-corrected chi connectivity index (χ4v) is 2.35. The Hall–Kier alpha value is 0.0795. The van der Waals surface area contributed by atoms with Crippen LogP contribution in [-0.4, -0.2) is 18.5 Å². The van der Waals surface area contributed by atoms with E-state index in [9.17, 15) is 0 Å². The van der Waals surface area contributed by atoms with Crippen molar-refractivity contribution < 1.29 is 46.9 Å². The molecule has 0 N–H and O–H groups in total. The molecule has 1 aliphatic carbocycles. The average molecular weight is 444 g/mol. The van der Waals surface area contributed by atoms with E-state index in [1.54, 1.807) is 5.92 Å². The molecule has 0 aromatic heterocycles. The van der Waals surface area contributed by atoms with Crippen molar-refractivity contribution in [3.05, 3.63) is 35.7 Å². The summed E-state index contributed by atoms with van der Waals surface area (Å²) in [4.78, 5) is 9.11. The zero-order valence-corrected chi connectivity index (χ0v) is 15.7. The van der Waals surface area contributed by atoms with E-state index in [0.717, 1.165) is 29.8 Å². The van der Waals surface area contributed by atoms with E-state index in [2.05, 4.69) is 31.0 Å². The molecule has 1 saturated carbocycles. The molecule has 0 heterocycles. The monoisotopic (exact) mass is 445 g/mol. The molecular weight excluding hydrogens is 417 g/mol. The summed E-state index contributed by atoms with van der Waals surface area (Å²) in [6.07, 6.45) is 2.15. The molecule has 1 atom stereocenters. The molecule has 0 radical (unpaired) electrons. The van der Waals surface area contributed by atoms with Gasteiger partial charge in [-0.25, -0.2) is 0 Å². The molecule has 1 fully saturated rings. The maximum absolute atomic E-state index is 4.84. The SMILES string of the molecule is CC.CN=C(C)c1ccccc1N=C1C[C-](C)C(C)C1.[Yb]. The molecule has 2 nitrogen and oxygen atoms in total. The largest absolute Gasteiger partial charge is 0.308 e. The summed E-state index contributed by atoms with van der Waals surface area (Å²) < 4.78 is 0. The predicted molar refractivity (Wildman–Crippen MR) is 90.3 cm³/mol. The van der Waals surface area contributed by atoms with Gasteiger partial charge in [0.2, 0.25) is 0 Å². The molecule has 0 bridgehead atoms. The topological polar surface area (TPSA) is 24.7 Å². The number of para-hydroxylation sites is 1. The Morgan fingerprint density at radius 3 is 2.38 bits per heavy atom. The third-order valence-corrected chi connectivity index (χ3v) is 3.77. The minimum Gasteiger partial charge on any atom is -0.308 e. The standard InChI is InChI=1S/C16H21N2.C2H6.Yb/c1-11-9-14(10-12(11)2)18-16-8-6-5-7-15(16)13(3)17-4;1-2;/h5-8,11H,9-10H2,1-4H3;1-2H3;/q-1;;. The minimum atomic E-state index is 0. The van der Waals surface area contributed by atoms with Crippen molar-refractivity contribution in [3.63, 3.8) is 0 Å². The quantitative estimate of drug-likeness (QED) is 0.440. The number of hydrogen-bond acceptors (Lipinski definition) is 2. The van der Waals surface area contributed by atoms with Crippen LogP contribution in [0.1, 0.15) is 53.0 Å². The fourth-order valence-electron chi connectivity index (χ4n) is 2.35. The third-order valence-electron chi connectivity index (χ3n) is 3.77. The molecular formula is C18H27N2Yb-. The van der Waals surface area contributed by atoms with Gasteiger partial charge in [-0.1, -0.05) is 39.0 Å². The van der Waals surface area contributed by atoms with Gasteiger partial charge in [-0.15, -0.1) is 6.42 Å². The van der Waals surface area contributed by atoms with Crippen LogP contribution in [0.5, 0.6) is 0 Å². The minimum absolute atomic E-state index is 0. The van der Waals surface area contributed by atoms with Crippen molar-refractivity contribution in [2.45, 2.75) is 47.5 Å². The number of nitrogens with zero attached hydrogens (tertiary/aromatic N) is 2. The van der Waals surface area contributed by atoms with Gasteiger partial charge in [-0.3, -0.25) is 9.98 Å². The predicted octanol–water partition coefficient (Wildman–Crippen LogP) is 5.25. The zero-order chi connectivity index (χ0) is 15.1. The van der Waals surface area contributed by atoms with Crippen LogP contribution >= 0.6 is 0 Å². The Morgan fingerprint density at radius 1 is 1.24 bits per heavy atom. The van der Waals surface area contributed by atoms with Gasteiger partial charge in [0, 0.05) is 65.2 Å². The van der Waals surface area contributed by atoms with E-state index in [0.29, 0.717) is 5.92 Å². The molecule has 1 aromatic rings. The number of benzene rings is 1. The molecule has 0 spiro atoms. The van der Waals surface area contributed by atoms with Crippen LogP contribution in [0.3, 0.4) is 0 Å². The molecule has 1 aromatic carbocycles. The average Bonchev–Trinajstić information content (AvgIpc) is 2.79. The van der Waals surface area contributed by atoms with Gasteiger partial charge in [0.15, 0.2) is 0 Å². The van der Waals surface area contributed by atoms with Gasteiger partial charge in [-0.05, 0) is 25.1 Å². The van der Waals surface area contributed by atoms with E-state index in [1.165, 1.54) is 5.71 Å². The van der Waals surface area contributed by atoms with Crippen LogP contribution in [0, 0.1) is 58.8 Å². The summed E-state index contributed by atoms with van der Waals surface area (Å²) in [5, 5.41) is 0. The van der Waals surface area contributed by atoms with E-state index in [1.807, 2.05) is 40.0 Å². The molecule has 0 saturated heterocycles. The second-order valence-electron chi connectivity index (χ2n) is 5.13. The first-order valence-corrected chi connectivity index (χ1v) is 7.53. The van der Waals surface area contributed by atoms with Crippen molar-refractivity contribution in [2.75, 3.05) is 7.05 Å². The Labute approximate surface area is 168 Å². The third kappa shape index (κ3) is 6.00. The molecule has 0 amide bonds. The number of hydrogen-bond donors (Lipinski definition) is 0. The van der Waals surface area contributed by atoms with Gasteiger partial charge >= 0.3 is 0 Å². The maximum atomic E-state index is 4.84. The number of aliphatic imine (C=N–C) groups is 2. The molecule has 21 heavy (non-hydrogen) atoms. The van der Waals surface area contributed by atoms with Gasteiger partial charge in [0.05, 0.1) is 5.69 Å². The second kappa shape index (κ2) is 10.7. The Morgan fingerprint density at radius 2 is 1.86 bits per heavy atom. The van der Waals surface area contributed by atoms with Gasteiger partial charge in [0.1, 0.15) is 0 Å². The van der Waals surface area contributed by atoms with Crippen molar-refractivity contribution in [3.8, 4) is 0 Å². The smallest absolute Gasteiger partial charge is 0.0718 e. The Bertz CT molecular complexity index is 480. The summed E-state index contributed by atoms with van der Waals surface area (Å²) in [6, 6.07) is 8.26.